The molecule has 3 aromatic heterocycles. The van der Waals surface area contributed by atoms with E-state index in [1.165, 1.54) is 0 Å². The standard InChI is InChI=1S/C21H28N8O3S/c1-26-17(14-27-5-7-28(8-6-27)15-33(30)31)23-18-20(26)24-19(16-3-2-4-22-13-16)25-21(18)29-9-11-32-12-10-29/h2-4,13,33H,5-12,14-15H2,1H3. The zero-order valence-corrected chi connectivity index (χ0v) is 19.5. The summed E-state index contributed by atoms with van der Waals surface area (Å²) in [4.78, 5) is 25.4. The third kappa shape index (κ3) is 4.83. The van der Waals surface area contributed by atoms with Crippen molar-refractivity contribution >= 4 is 27.7 Å². The Morgan fingerprint density at radius 1 is 1.00 bits per heavy atom. The quantitative estimate of drug-likeness (QED) is 0.490. The number of rotatable bonds is 6. The van der Waals surface area contributed by atoms with Gasteiger partial charge in [0, 0.05) is 64.3 Å². The van der Waals surface area contributed by atoms with E-state index in [-0.39, 0.29) is 5.88 Å². The molecule has 0 amide bonds. The Bertz CT molecular complexity index is 1180. The molecule has 2 fully saturated rings. The Balaban J connectivity index is 1.46. The molecule has 0 aromatic carbocycles. The van der Waals surface area contributed by atoms with Crippen LogP contribution in [0.2, 0.25) is 0 Å². The molecule has 11 nitrogen and oxygen atoms in total. The molecule has 12 heteroatoms. The first-order valence-electron chi connectivity index (χ1n) is 11.1. The number of piperazine rings is 1. The summed E-state index contributed by atoms with van der Waals surface area (Å²) in [6, 6.07) is 3.85. The molecule has 0 aliphatic carbocycles. The molecule has 0 radical (unpaired) electrons. The van der Waals surface area contributed by atoms with Gasteiger partial charge < -0.3 is 14.2 Å². The van der Waals surface area contributed by atoms with Crippen LogP contribution in [-0.2, 0) is 29.0 Å². The van der Waals surface area contributed by atoms with Crippen LogP contribution in [0.15, 0.2) is 24.5 Å². The predicted octanol–water partition coefficient (Wildman–Crippen LogP) is -0.0516. The van der Waals surface area contributed by atoms with E-state index in [1.807, 2.05) is 28.6 Å². The molecule has 0 N–H and O–H groups in total. The Morgan fingerprint density at radius 3 is 2.45 bits per heavy atom. The summed E-state index contributed by atoms with van der Waals surface area (Å²) in [7, 11) is -0.388. The third-order valence-electron chi connectivity index (χ3n) is 6.17. The van der Waals surface area contributed by atoms with Crippen LogP contribution in [0.25, 0.3) is 22.6 Å². The van der Waals surface area contributed by atoms with Crippen molar-refractivity contribution in [3.63, 3.8) is 0 Å². The van der Waals surface area contributed by atoms with Crippen LogP contribution >= 0.6 is 0 Å². The highest BCUT2D eigenvalue weighted by molar-refractivity contribution is 7.72. The van der Waals surface area contributed by atoms with E-state index in [9.17, 15) is 8.42 Å². The molecule has 2 saturated heterocycles. The highest BCUT2D eigenvalue weighted by Gasteiger charge is 2.24. The topological polar surface area (TPSA) is 110 Å². The fourth-order valence-electron chi connectivity index (χ4n) is 4.30. The minimum absolute atomic E-state index is 0.130. The van der Waals surface area contributed by atoms with E-state index in [4.69, 9.17) is 19.7 Å². The van der Waals surface area contributed by atoms with Gasteiger partial charge in [-0.3, -0.25) is 14.8 Å². The lowest BCUT2D eigenvalue weighted by atomic mass is 10.2. The fourth-order valence-corrected chi connectivity index (χ4v) is 4.91. The van der Waals surface area contributed by atoms with E-state index in [0.717, 1.165) is 67.6 Å². The number of thiol groups is 1. The third-order valence-corrected chi connectivity index (χ3v) is 6.80. The summed E-state index contributed by atoms with van der Waals surface area (Å²) in [6.07, 6.45) is 3.51. The lowest BCUT2D eigenvalue weighted by molar-refractivity contribution is 0.122. The van der Waals surface area contributed by atoms with Gasteiger partial charge in [-0.15, -0.1) is 0 Å². The van der Waals surface area contributed by atoms with Crippen LogP contribution < -0.4 is 4.90 Å². The molecule has 33 heavy (non-hydrogen) atoms. The SMILES string of the molecule is Cn1c(CN2CCN(C[SH](=O)=O)CC2)nc2c(N3CCOCC3)nc(-c3cccnc3)nc21. The molecule has 0 bridgehead atoms. The van der Waals surface area contributed by atoms with E-state index < -0.39 is 10.7 Å². The van der Waals surface area contributed by atoms with Gasteiger partial charge in [0.2, 0.25) is 0 Å². The van der Waals surface area contributed by atoms with Crippen molar-refractivity contribution in [3.8, 4) is 11.4 Å². The Labute approximate surface area is 194 Å². The van der Waals surface area contributed by atoms with Crippen molar-refractivity contribution < 1.29 is 13.2 Å². The van der Waals surface area contributed by atoms with Crippen LogP contribution in [0.1, 0.15) is 5.82 Å². The number of pyridine rings is 1. The molecule has 0 unspecified atom stereocenters. The molecule has 5 heterocycles. The van der Waals surface area contributed by atoms with Crippen LogP contribution in [-0.4, -0.2) is 101 Å². The first kappa shape index (κ1) is 22.1. The number of nitrogens with zero attached hydrogens (tertiary/aromatic N) is 8. The lowest BCUT2D eigenvalue weighted by Gasteiger charge is -2.33. The molecular weight excluding hydrogens is 444 g/mol. The van der Waals surface area contributed by atoms with Crippen molar-refractivity contribution in [2.45, 2.75) is 6.54 Å². The molecule has 2 aliphatic heterocycles. The molecule has 176 valence electrons. The van der Waals surface area contributed by atoms with Crippen LogP contribution in [0.4, 0.5) is 5.82 Å². The van der Waals surface area contributed by atoms with Gasteiger partial charge >= 0.3 is 0 Å². The number of anilines is 1. The highest BCUT2D eigenvalue weighted by atomic mass is 32.2. The molecule has 0 atom stereocenters. The molecular formula is C21H28N8O3S. The first-order valence-corrected chi connectivity index (χ1v) is 12.5. The Morgan fingerprint density at radius 2 is 1.76 bits per heavy atom. The average Bonchev–Trinajstić information content (AvgIpc) is 3.15. The summed E-state index contributed by atoms with van der Waals surface area (Å²) in [6.45, 7) is 6.58. The number of hydrogen-bond acceptors (Lipinski definition) is 10. The van der Waals surface area contributed by atoms with Crippen LogP contribution in [0.5, 0.6) is 0 Å². The van der Waals surface area contributed by atoms with Crippen LogP contribution in [0, 0.1) is 0 Å². The van der Waals surface area contributed by atoms with Crippen molar-refractivity contribution in [1.29, 1.82) is 0 Å². The number of fused-ring (bicyclic) bond motifs is 1. The minimum Gasteiger partial charge on any atom is -0.378 e. The van der Waals surface area contributed by atoms with Crippen molar-refractivity contribution in [1.82, 2.24) is 34.3 Å². The van der Waals surface area contributed by atoms with E-state index in [0.29, 0.717) is 25.6 Å². The van der Waals surface area contributed by atoms with Gasteiger partial charge in [0.1, 0.15) is 5.82 Å². The Hall–Kier alpha value is -2.67. The Kier molecular flexibility index (Phi) is 6.49. The van der Waals surface area contributed by atoms with E-state index in [1.54, 1.807) is 12.4 Å². The fraction of sp³-hybridized carbons (Fsp3) is 0.524. The van der Waals surface area contributed by atoms with Gasteiger partial charge in [-0.1, -0.05) is 0 Å². The maximum absolute atomic E-state index is 11.0. The molecule has 5 rings (SSSR count). The van der Waals surface area contributed by atoms with E-state index in [2.05, 4.69) is 14.8 Å². The predicted molar refractivity (Wildman–Crippen MR) is 125 cm³/mol. The highest BCUT2D eigenvalue weighted by Crippen LogP contribution is 2.28. The van der Waals surface area contributed by atoms with Gasteiger partial charge in [0.15, 0.2) is 33.5 Å². The van der Waals surface area contributed by atoms with Crippen molar-refractivity contribution in [2.24, 2.45) is 7.05 Å². The molecule has 2 aliphatic rings. The lowest BCUT2D eigenvalue weighted by Crippen LogP contribution is -2.46. The molecule has 0 spiro atoms. The summed E-state index contributed by atoms with van der Waals surface area (Å²) >= 11 is 0. The van der Waals surface area contributed by atoms with Gasteiger partial charge in [-0.25, -0.2) is 23.4 Å². The van der Waals surface area contributed by atoms with Gasteiger partial charge in [0.05, 0.1) is 25.6 Å². The monoisotopic (exact) mass is 472 g/mol. The van der Waals surface area contributed by atoms with Crippen molar-refractivity contribution in [3.05, 3.63) is 30.4 Å². The number of aryl methyl sites for hydroxylation is 1. The normalized spacial score (nSPS) is 18.4. The summed E-state index contributed by atoms with van der Waals surface area (Å²) < 4.78 is 29.6. The van der Waals surface area contributed by atoms with Gasteiger partial charge in [-0.05, 0) is 12.1 Å². The number of hydrogen-bond donors (Lipinski definition) is 1. The number of ether oxygens (including phenoxy) is 1. The maximum Gasteiger partial charge on any atom is 0.166 e. The van der Waals surface area contributed by atoms with E-state index >= 15 is 0 Å². The number of aromatic nitrogens is 5. The summed E-state index contributed by atoms with van der Waals surface area (Å²) in [5, 5.41) is 0. The summed E-state index contributed by atoms with van der Waals surface area (Å²) in [5.74, 6) is 2.51. The minimum atomic E-state index is -2.38. The van der Waals surface area contributed by atoms with Crippen LogP contribution in [0.3, 0.4) is 0 Å². The first-order chi connectivity index (χ1) is 16.1. The molecule has 3 aromatic rings. The smallest absolute Gasteiger partial charge is 0.166 e. The van der Waals surface area contributed by atoms with Gasteiger partial charge in [0.25, 0.3) is 0 Å². The largest absolute Gasteiger partial charge is 0.378 e. The second-order valence-electron chi connectivity index (χ2n) is 8.34. The number of morpholine rings is 1. The van der Waals surface area contributed by atoms with Crippen molar-refractivity contribution in [2.75, 3.05) is 63.3 Å². The average molecular weight is 473 g/mol. The maximum atomic E-state index is 11.0. The second-order valence-corrected chi connectivity index (χ2v) is 9.29. The second kappa shape index (κ2) is 9.67. The zero-order chi connectivity index (χ0) is 22.8. The zero-order valence-electron chi connectivity index (χ0n) is 18.6. The summed E-state index contributed by atoms with van der Waals surface area (Å²) in [5.41, 5.74) is 2.45. The van der Waals surface area contributed by atoms with Gasteiger partial charge in [-0.2, -0.15) is 0 Å². The number of imidazole rings is 1. The molecule has 0 saturated carbocycles.